The summed E-state index contributed by atoms with van der Waals surface area (Å²) in [5.74, 6) is -0.161. The van der Waals surface area contributed by atoms with E-state index in [1.54, 1.807) is 0 Å². The van der Waals surface area contributed by atoms with Crippen LogP contribution in [0.2, 0.25) is 0 Å². The Labute approximate surface area is 159 Å². The Morgan fingerprint density at radius 1 is 1.22 bits per heavy atom. The van der Waals surface area contributed by atoms with Crippen LogP contribution in [0.1, 0.15) is 45.2 Å². The molecule has 0 fully saturated rings. The van der Waals surface area contributed by atoms with Gasteiger partial charge in [-0.1, -0.05) is 12.1 Å². The highest BCUT2D eigenvalue weighted by Gasteiger charge is 2.27. The number of rotatable bonds is 6. The molecule has 0 saturated heterocycles. The minimum Gasteiger partial charge on any atom is -0.348 e. The number of hydrogen-bond donors (Lipinski definition) is 2. The van der Waals surface area contributed by atoms with E-state index in [1.165, 1.54) is 0 Å². The normalized spacial score (nSPS) is 13.3. The molecule has 2 aromatic rings. The van der Waals surface area contributed by atoms with E-state index in [9.17, 15) is 9.59 Å². The molecular weight excluding hydrogens is 342 g/mol. The molecule has 0 saturated carbocycles. The van der Waals surface area contributed by atoms with Gasteiger partial charge in [0.25, 0.3) is 11.8 Å². The lowest BCUT2D eigenvalue weighted by Gasteiger charge is -2.17. The number of nitrogens with one attached hydrogen (secondary N) is 2. The number of fused-ring (bicyclic) bond motifs is 1. The Hall–Kier alpha value is -2.67. The zero-order valence-electron chi connectivity index (χ0n) is 16.2. The van der Waals surface area contributed by atoms with Crippen LogP contribution in [0.4, 0.5) is 5.69 Å². The van der Waals surface area contributed by atoms with Crippen molar-refractivity contribution in [3.63, 3.8) is 0 Å². The summed E-state index contributed by atoms with van der Waals surface area (Å²) in [6, 6.07) is 7.64. The number of amides is 2. The highest BCUT2D eigenvalue weighted by molar-refractivity contribution is 6.05. The van der Waals surface area contributed by atoms with E-state index in [2.05, 4.69) is 15.6 Å². The molecule has 0 bridgehead atoms. The van der Waals surface area contributed by atoms with Crippen molar-refractivity contribution in [1.82, 2.24) is 19.8 Å². The summed E-state index contributed by atoms with van der Waals surface area (Å²) in [5.41, 5.74) is 3.01. The van der Waals surface area contributed by atoms with E-state index in [4.69, 9.17) is 0 Å². The fraction of sp³-hybridized carbons (Fsp3) is 0.450. The predicted octanol–water partition coefficient (Wildman–Crippen LogP) is 2.07. The van der Waals surface area contributed by atoms with Crippen molar-refractivity contribution in [1.29, 1.82) is 0 Å². The maximum absolute atomic E-state index is 12.8. The largest absolute Gasteiger partial charge is 0.348 e. The summed E-state index contributed by atoms with van der Waals surface area (Å²) >= 11 is 0. The maximum Gasteiger partial charge on any atom is 0.287 e. The first-order valence-corrected chi connectivity index (χ1v) is 9.36. The molecule has 2 N–H and O–H groups in total. The SMILES string of the molecule is Cc1cccc(NC(=O)c2nc(C(=O)NCCN(C)C)n3c2CCCC3)c1. The van der Waals surface area contributed by atoms with Crippen molar-refractivity contribution >= 4 is 17.5 Å². The van der Waals surface area contributed by atoms with E-state index in [-0.39, 0.29) is 11.8 Å². The molecule has 0 aliphatic carbocycles. The number of benzene rings is 1. The monoisotopic (exact) mass is 369 g/mol. The molecule has 144 valence electrons. The summed E-state index contributed by atoms with van der Waals surface area (Å²) in [5, 5.41) is 5.80. The Morgan fingerprint density at radius 2 is 2.04 bits per heavy atom. The van der Waals surface area contributed by atoms with Crippen LogP contribution < -0.4 is 10.6 Å². The van der Waals surface area contributed by atoms with E-state index >= 15 is 0 Å². The smallest absolute Gasteiger partial charge is 0.287 e. The quantitative estimate of drug-likeness (QED) is 0.817. The summed E-state index contributed by atoms with van der Waals surface area (Å²) in [6.07, 6.45) is 2.74. The molecular formula is C20H27N5O2. The molecule has 1 aromatic carbocycles. The van der Waals surface area contributed by atoms with E-state index in [1.807, 2.05) is 54.8 Å². The highest BCUT2D eigenvalue weighted by atomic mass is 16.2. The molecule has 0 spiro atoms. The Bertz CT molecular complexity index is 841. The van der Waals surface area contributed by atoms with Crippen LogP contribution in [0.5, 0.6) is 0 Å². The zero-order chi connectivity index (χ0) is 19.4. The van der Waals surface area contributed by atoms with Gasteiger partial charge in [-0.3, -0.25) is 9.59 Å². The van der Waals surface area contributed by atoms with Gasteiger partial charge in [-0.05, 0) is 58.0 Å². The maximum atomic E-state index is 12.8. The average molecular weight is 369 g/mol. The molecule has 2 amide bonds. The number of aryl methyl sites for hydroxylation is 1. The van der Waals surface area contributed by atoms with Crippen LogP contribution in [0.25, 0.3) is 0 Å². The number of aromatic nitrogens is 2. The van der Waals surface area contributed by atoms with Gasteiger partial charge in [-0.15, -0.1) is 0 Å². The third kappa shape index (κ3) is 4.54. The lowest BCUT2D eigenvalue weighted by atomic mass is 10.1. The fourth-order valence-corrected chi connectivity index (χ4v) is 3.28. The van der Waals surface area contributed by atoms with Crippen LogP contribution >= 0.6 is 0 Å². The van der Waals surface area contributed by atoms with Gasteiger partial charge in [-0.25, -0.2) is 4.98 Å². The predicted molar refractivity (Wildman–Crippen MR) is 105 cm³/mol. The van der Waals surface area contributed by atoms with Gasteiger partial charge in [0, 0.05) is 25.3 Å². The summed E-state index contributed by atoms with van der Waals surface area (Å²) in [6.45, 7) is 3.99. The van der Waals surface area contributed by atoms with Gasteiger partial charge in [0.15, 0.2) is 11.5 Å². The molecule has 0 radical (unpaired) electrons. The van der Waals surface area contributed by atoms with E-state index in [0.717, 1.165) is 49.3 Å². The third-order valence-electron chi connectivity index (χ3n) is 4.66. The van der Waals surface area contributed by atoms with Crippen molar-refractivity contribution in [2.24, 2.45) is 0 Å². The van der Waals surface area contributed by atoms with E-state index in [0.29, 0.717) is 18.1 Å². The molecule has 2 heterocycles. The Morgan fingerprint density at radius 3 is 2.78 bits per heavy atom. The molecule has 3 rings (SSSR count). The number of nitrogens with zero attached hydrogens (tertiary/aromatic N) is 3. The van der Waals surface area contributed by atoms with Crippen molar-refractivity contribution < 1.29 is 9.59 Å². The molecule has 7 nitrogen and oxygen atoms in total. The van der Waals surface area contributed by atoms with Crippen LogP contribution in [-0.2, 0) is 13.0 Å². The van der Waals surface area contributed by atoms with Crippen molar-refractivity contribution in [2.45, 2.75) is 32.7 Å². The molecule has 0 atom stereocenters. The van der Waals surface area contributed by atoms with Crippen molar-refractivity contribution in [2.75, 3.05) is 32.5 Å². The topological polar surface area (TPSA) is 79.3 Å². The summed E-state index contributed by atoms with van der Waals surface area (Å²) in [7, 11) is 3.91. The second-order valence-corrected chi connectivity index (χ2v) is 7.22. The average Bonchev–Trinajstić information content (AvgIpc) is 3.01. The number of carbonyl (C=O) groups excluding carboxylic acids is 2. The van der Waals surface area contributed by atoms with Crippen molar-refractivity contribution in [3.05, 3.63) is 47.0 Å². The fourth-order valence-electron chi connectivity index (χ4n) is 3.28. The standard InChI is InChI=1S/C20H27N5O2/c1-14-7-6-8-15(13-14)22-19(26)17-16-9-4-5-11-25(16)18(23-17)20(27)21-10-12-24(2)3/h6-8,13H,4-5,9-12H2,1-3H3,(H,21,27)(H,22,26). The third-order valence-corrected chi connectivity index (χ3v) is 4.66. The van der Waals surface area contributed by atoms with E-state index < -0.39 is 0 Å². The number of likely N-dealkylation sites (N-methyl/N-ethyl adjacent to an activating group) is 1. The first-order chi connectivity index (χ1) is 13.0. The first kappa shape index (κ1) is 19.1. The van der Waals surface area contributed by atoms with Crippen molar-refractivity contribution in [3.8, 4) is 0 Å². The molecule has 7 heteroatoms. The zero-order valence-corrected chi connectivity index (χ0v) is 16.2. The lowest BCUT2D eigenvalue weighted by molar-refractivity contribution is 0.0935. The van der Waals surface area contributed by atoms with Crippen LogP contribution in [0, 0.1) is 6.92 Å². The van der Waals surface area contributed by atoms with Gasteiger partial charge in [0.05, 0.1) is 5.69 Å². The van der Waals surface area contributed by atoms with Crippen LogP contribution in [0.3, 0.4) is 0 Å². The van der Waals surface area contributed by atoms with Gasteiger partial charge in [-0.2, -0.15) is 0 Å². The molecule has 27 heavy (non-hydrogen) atoms. The molecule has 0 unspecified atom stereocenters. The second kappa shape index (κ2) is 8.35. The number of carbonyl (C=O) groups is 2. The Balaban J connectivity index is 1.82. The minimum atomic E-state index is -0.265. The molecule has 1 aliphatic heterocycles. The summed E-state index contributed by atoms with van der Waals surface area (Å²) < 4.78 is 1.90. The molecule has 1 aliphatic rings. The van der Waals surface area contributed by atoms with Gasteiger partial charge < -0.3 is 20.1 Å². The highest BCUT2D eigenvalue weighted by Crippen LogP contribution is 2.22. The first-order valence-electron chi connectivity index (χ1n) is 9.36. The Kier molecular flexibility index (Phi) is 5.91. The minimum absolute atomic E-state index is 0.227. The number of hydrogen-bond acceptors (Lipinski definition) is 4. The number of imidazole rings is 1. The summed E-state index contributed by atoms with van der Waals surface area (Å²) in [4.78, 5) is 31.8. The van der Waals surface area contributed by atoms with Crippen LogP contribution in [-0.4, -0.2) is 53.5 Å². The van der Waals surface area contributed by atoms with Gasteiger partial charge in [0.1, 0.15) is 0 Å². The lowest BCUT2D eigenvalue weighted by Crippen LogP contribution is -2.33. The van der Waals surface area contributed by atoms with Crippen LogP contribution in [0.15, 0.2) is 24.3 Å². The second-order valence-electron chi connectivity index (χ2n) is 7.22. The van der Waals surface area contributed by atoms with Gasteiger partial charge >= 0.3 is 0 Å². The van der Waals surface area contributed by atoms with Gasteiger partial charge in [0.2, 0.25) is 0 Å². The number of anilines is 1. The molecule has 1 aromatic heterocycles.